The van der Waals surface area contributed by atoms with Crippen LogP contribution in [0.15, 0.2) is 65.6 Å². The quantitative estimate of drug-likeness (QED) is 0.184. The van der Waals surface area contributed by atoms with Crippen LogP contribution in [0.1, 0.15) is 77.9 Å². The van der Waals surface area contributed by atoms with Crippen molar-refractivity contribution in [3.05, 3.63) is 100 Å². The molecule has 3 aromatic rings. The maximum absolute atomic E-state index is 14.1. The fourth-order valence-corrected chi connectivity index (χ4v) is 7.58. The largest absolute Gasteiger partial charge is 0.390 e. The number of aliphatic hydroxyl groups excluding tert-OH is 1. The van der Waals surface area contributed by atoms with Crippen LogP contribution in [0.25, 0.3) is 0 Å². The van der Waals surface area contributed by atoms with Gasteiger partial charge in [0.25, 0.3) is 11.8 Å². The number of halogens is 2. The van der Waals surface area contributed by atoms with Gasteiger partial charge in [0.2, 0.25) is 10.0 Å². The Kier molecular flexibility index (Phi) is 13.3. The van der Waals surface area contributed by atoms with Crippen LogP contribution in [0.2, 0.25) is 0 Å². The van der Waals surface area contributed by atoms with Crippen LogP contribution in [-0.4, -0.2) is 80.8 Å². The monoisotopic (exact) mass is 714 g/mol. The Balaban J connectivity index is 1.66. The van der Waals surface area contributed by atoms with E-state index in [1.165, 1.54) is 25.3 Å². The minimum atomic E-state index is -4.19. The zero-order valence-electron chi connectivity index (χ0n) is 29.3. The van der Waals surface area contributed by atoms with Gasteiger partial charge in [0.05, 0.1) is 29.7 Å². The van der Waals surface area contributed by atoms with E-state index >= 15 is 0 Å². The second kappa shape index (κ2) is 17.0. The second-order valence-corrected chi connectivity index (χ2v) is 15.5. The lowest BCUT2D eigenvalue weighted by molar-refractivity contribution is 0.0630. The summed E-state index contributed by atoms with van der Waals surface area (Å²) >= 11 is 0. The summed E-state index contributed by atoms with van der Waals surface area (Å²) < 4.78 is 63.1. The number of rotatable bonds is 15. The molecule has 50 heavy (non-hydrogen) atoms. The molecule has 1 aliphatic rings. The normalized spacial score (nSPS) is 16.3. The summed E-state index contributed by atoms with van der Waals surface area (Å²) in [4.78, 5) is 29.0. The van der Waals surface area contributed by atoms with Gasteiger partial charge in [-0.25, -0.2) is 21.9 Å². The van der Waals surface area contributed by atoms with Crippen molar-refractivity contribution >= 4 is 21.8 Å². The smallest absolute Gasteiger partial charge is 0.254 e. The molecule has 3 atom stereocenters. The van der Waals surface area contributed by atoms with E-state index in [9.17, 15) is 31.9 Å². The summed E-state index contributed by atoms with van der Waals surface area (Å²) in [5.74, 6) is -2.85. The molecule has 0 aliphatic carbocycles. The zero-order valence-corrected chi connectivity index (χ0v) is 30.1. The van der Waals surface area contributed by atoms with Gasteiger partial charge in [0.15, 0.2) is 0 Å². The number of hydrogen-bond acceptors (Lipinski definition) is 7. The lowest BCUT2D eigenvalue weighted by Crippen LogP contribution is -2.48. The van der Waals surface area contributed by atoms with Gasteiger partial charge in [-0.15, -0.1) is 0 Å². The third-order valence-electron chi connectivity index (χ3n) is 8.40. The van der Waals surface area contributed by atoms with E-state index in [-0.39, 0.29) is 40.6 Å². The highest BCUT2D eigenvalue weighted by Gasteiger charge is 2.32. The molecular weight excluding hydrogens is 666 g/mol. The number of nitrogens with one attached hydrogen (secondary N) is 3. The molecule has 2 amide bonds. The molecule has 0 spiro atoms. The molecule has 4 N–H and O–H groups in total. The molecule has 3 aromatic carbocycles. The first-order valence-corrected chi connectivity index (χ1v) is 18.3. The Bertz CT molecular complexity index is 1740. The van der Waals surface area contributed by atoms with Gasteiger partial charge in [-0.05, 0) is 93.5 Å². The van der Waals surface area contributed by atoms with Crippen molar-refractivity contribution in [2.45, 2.75) is 88.5 Å². The highest BCUT2D eigenvalue weighted by Crippen LogP contribution is 2.24. The minimum Gasteiger partial charge on any atom is -0.390 e. The third kappa shape index (κ3) is 10.9. The molecule has 0 saturated carbocycles. The average molecular weight is 715 g/mol. The summed E-state index contributed by atoms with van der Waals surface area (Å²) in [6.45, 7) is 8.25. The molecule has 1 fully saturated rings. The van der Waals surface area contributed by atoms with E-state index in [1.54, 1.807) is 25.7 Å². The molecule has 4 rings (SSSR count). The van der Waals surface area contributed by atoms with Crippen molar-refractivity contribution in [3.63, 3.8) is 0 Å². The molecule has 13 heteroatoms. The van der Waals surface area contributed by atoms with Crippen molar-refractivity contribution in [1.29, 1.82) is 0 Å². The topological polar surface area (TPSA) is 137 Å². The van der Waals surface area contributed by atoms with Crippen LogP contribution in [0.5, 0.6) is 0 Å². The summed E-state index contributed by atoms with van der Waals surface area (Å²) in [6.07, 6.45) is 0.956. The number of aliphatic hydroxyl groups is 1. The van der Waals surface area contributed by atoms with Gasteiger partial charge in [-0.3, -0.25) is 9.59 Å². The fraction of sp³-hybridized carbons (Fsp3) is 0.459. The number of aryl methyl sites for hydroxylation is 1. The molecule has 0 radical (unpaired) electrons. The molecule has 0 unspecified atom stereocenters. The molecular formula is C37H48F2N4O6S. The van der Waals surface area contributed by atoms with E-state index < -0.39 is 51.2 Å². The number of methoxy groups -OCH3 is 1. The van der Waals surface area contributed by atoms with Gasteiger partial charge in [0, 0.05) is 49.5 Å². The SMILES string of the molecule is CCc1cccc(CNC[C@@H](O)[C@H](Cc2cc(F)cc(F)c2)NC(=O)c2cc(C(=O)N3CCC[C@H]3COC)cc(S(=O)(=O)NC(C)(C)C)c2)c1. The van der Waals surface area contributed by atoms with E-state index in [0.29, 0.717) is 19.7 Å². The van der Waals surface area contributed by atoms with Crippen molar-refractivity contribution in [2.24, 2.45) is 0 Å². The number of sulfonamides is 1. The van der Waals surface area contributed by atoms with Crippen LogP contribution in [0, 0.1) is 11.6 Å². The predicted octanol–water partition coefficient (Wildman–Crippen LogP) is 4.35. The Labute approximate surface area is 293 Å². The number of ether oxygens (including phenoxy) is 1. The first-order valence-electron chi connectivity index (χ1n) is 16.8. The molecule has 272 valence electrons. The number of likely N-dealkylation sites (tertiary alicyclic amines) is 1. The third-order valence-corrected chi connectivity index (χ3v) is 10.1. The standard InChI is InChI=1S/C37H48F2N4O6S/c1-6-24-9-7-10-25(13-24)21-40-22-34(44)33(16-26-14-29(38)20-30(39)15-26)41-35(45)27-17-28(36(46)43-12-8-11-31(43)23-49-5)19-32(18-27)50(47,48)42-37(2,3)4/h7,9-10,13-15,17-20,31,33-34,40,42,44H,6,8,11-12,16,21-23H2,1-5H3,(H,41,45)/t31-,33-,34+/m0/s1. The first-order chi connectivity index (χ1) is 23.6. The summed E-state index contributed by atoms with van der Waals surface area (Å²) in [6, 6.07) is 13.4. The Hall–Kier alpha value is -3.75. The van der Waals surface area contributed by atoms with Gasteiger partial charge in [-0.2, -0.15) is 0 Å². The van der Waals surface area contributed by atoms with E-state index in [0.717, 1.165) is 48.6 Å². The van der Waals surface area contributed by atoms with E-state index in [4.69, 9.17) is 4.74 Å². The van der Waals surface area contributed by atoms with Crippen LogP contribution in [-0.2, 0) is 34.1 Å². The van der Waals surface area contributed by atoms with Crippen LogP contribution in [0.4, 0.5) is 8.78 Å². The van der Waals surface area contributed by atoms with Crippen LogP contribution >= 0.6 is 0 Å². The summed E-state index contributed by atoms with van der Waals surface area (Å²) in [5, 5.41) is 17.2. The lowest BCUT2D eigenvalue weighted by Gasteiger charge is -2.26. The van der Waals surface area contributed by atoms with Crippen molar-refractivity contribution in [1.82, 2.24) is 20.3 Å². The number of amides is 2. The average Bonchev–Trinajstić information content (AvgIpc) is 3.50. The zero-order chi connectivity index (χ0) is 36.6. The first kappa shape index (κ1) is 39.0. The number of carbonyl (C=O) groups is 2. The van der Waals surface area contributed by atoms with Crippen molar-refractivity contribution < 1.29 is 36.6 Å². The lowest BCUT2D eigenvalue weighted by atomic mass is 9.99. The second-order valence-electron chi connectivity index (χ2n) is 13.8. The number of hydrogen-bond donors (Lipinski definition) is 4. The Morgan fingerprint density at radius 2 is 1.68 bits per heavy atom. The van der Waals surface area contributed by atoms with Crippen LogP contribution < -0.4 is 15.4 Å². The maximum atomic E-state index is 14.1. The van der Waals surface area contributed by atoms with Gasteiger partial charge < -0.3 is 25.4 Å². The van der Waals surface area contributed by atoms with Crippen LogP contribution in [0.3, 0.4) is 0 Å². The van der Waals surface area contributed by atoms with E-state index in [2.05, 4.69) is 22.3 Å². The number of carbonyl (C=O) groups excluding carboxylic acids is 2. The summed E-state index contributed by atoms with van der Waals surface area (Å²) in [7, 11) is -2.65. The molecule has 0 bridgehead atoms. The van der Waals surface area contributed by atoms with Crippen molar-refractivity contribution in [2.75, 3.05) is 26.8 Å². The molecule has 1 heterocycles. The highest BCUT2D eigenvalue weighted by molar-refractivity contribution is 7.89. The van der Waals surface area contributed by atoms with Gasteiger partial charge in [0.1, 0.15) is 11.6 Å². The number of nitrogens with zero attached hydrogens (tertiary/aromatic N) is 1. The minimum absolute atomic E-state index is 0.00443. The predicted molar refractivity (Wildman–Crippen MR) is 187 cm³/mol. The van der Waals surface area contributed by atoms with Crippen molar-refractivity contribution in [3.8, 4) is 0 Å². The Morgan fingerprint density at radius 1 is 1.00 bits per heavy atom. The molecule has 1 aliphatic heterocycles. The molecule has 0 aromatic heterocycles. The Morgan fingerprint density at radius 3 is 2.34 bits per heavy atom. The molecule has 10 nitrogen and oxygen atoms in total. The highest BCUT2D eigenvalue weighted by atomic mass is 32.2. The number of benzene rings is 3. The van der Waals surface area contributed by atoms with Gasteiger partial charge in [-0.1, -0.05) is 31.2 Å². The maximum Gasteiger partial charge on any atom is 0.254 e. The fourth-order valence-electron chi connectivity index (χ4n) is 6.09. The molecule has 1 saturated heterocycles. The summed E-state index contributed by atoms with van der Waals surface area (Å²) in [5.41, 5.74) is 1.34. The van der Waals surface area contributed by atoms with E-state index in [1.807, 2.05) is 24.3 Å². The van der Waals surface area contributed by atoms with Gasteiger partial charge >= 0.3 is 0 Å².